The lowest BCUT2D eigenvalue weighted by Gasteiger charge is -2.45. The average molecular weight is 905 g/mol. The molecular weight excluding hydrogens is 851 g/mol. The Kier molecular flexibility index (Phi) is 11.7. The summed E-state index contributed by atoms with van der Waals surface area (Å²) < 4.78 is 58.3. The minimum Gasteiger partial charge on any atom is -0.444 e. The van der Waals surface area contributed by atoms with Crippen molar-refractivity contribution in [1.82, 2.24) is 28.6 Å². The van der Waals surface area contributed by atoms with Crippen LogP contribution >= 0.6 is 34.7 Å². The first-order valence-electron chi connectivity index (χ1n) is 20.4. The Morgan fingerprint density at radius 1 is 0.967 bits per heavy atom. The number of hydrogen-bond acceptors (Lipinski definition) is 9. The van der Waals surface area contributed by atoms with Gasteiger partial charge in [-0.1, -0.05) is 59.2 Å². The smallest absolute Gasteiger partial charge is 0.417 e. The van der Waals surface area contributed by atoms with Crippen LogP contribution in [0.1, 0.15) is 87.8 Å². The van der Waals surface area contributed by atoms with Crippen molar-refractivity contribution in [2.24, 2.45) is 0 Å². The molecule has 5 aromatic rings. The van der Waals surface area contributed by atoms with Gasteiger partial charge >= 0.3 is 23.6 Å². The number of carbonyl (C=O) groups is 1. The van der Waals surface area contributed by atoms with Crippen molar-refractivity contribution in [2.75, 3.05) is 23.7 Å². The van der Waals surface area contributed by atoms with Gasteiger partial charge in [0.15, 0.2) is 5.65 Å². The van der Waals surface area contributed by atoms with Gasteiger partial charge in [-0.15, -0.1) is 28.2 Å². The minimum absolute atomic E-state index is 0.0397. The SMILES string of the molecule is CC(C)[Si](c1sc(-c2c(C(F)(F)F)cc3c(N4C[C@@H](C)N(C(=O)OC(C)(C)C)[C@@H](C)C4)nc(=O)n4c3c2SC[C@@H](n2nc3ccccn3c2=O)C4)cc1Cl)(C(C)C)C(C)C. The normalized spacial score (nSPS) is 19.3. The Morgan fingerprint density at radius 2 is 1.60 bits per heavy atom. The Hall–Kier alpha value is -3.80. The van der Waals surface area contributed by atoms with Crippen molar-refractivity contribution in [3.8, 4) is 10.4 Å². The lowest BCUT2D eigenvalue weighted by Crippen LogP contribution is -2.59. The van der Waals surface area contributed by atoms with Gasteiger partial charge in [-0.2, -0.15) is 18.2 Å². The zero-order valence-corrected chi connectivity index (χ0v) is 39.2. The van der Waals surface area contributed by atoms with Gasteiger partial charge in [0.2, 0.25) is 0 Å². The van der Waals surface area contributed by atoms with Crippen LogP contribution in [0, 0.1) is 0 Å². The number of ether oxygens (including phenoxy) is 1. The highest BCUT2D eigenvalue weighted by molar-refractivity contribution is 7.99. The summed E-state index contributed by atoms with van der Waals surface area (Å²) in [6.07, 6.45) is -3.71. The molecule has 60 heavy (non-hydrogen) atoms. The number of pyridine rings is 1. The highest BCUT2D eigenvalue weighted by atomic mass is 35.5. The number of fused-ring (bicyclic) bond motifs is 1. The van der Waals surface area contributed by atoms with E-state index in [0.717, 1.165) is 10.6 Å². The molecule has 0 bridgehead atoms. The van der Waals surface area contributed by atoms with Crippen LogP contribution in [0.25, 0.3) is 27.0 Å². The maximum atomic E-state index is 15.8. The number of piperazine rings is 1. The zero-order valence-electron chi connectivity index (χ0n) is 35.8. The molecule has 1 aromatic carbocycles. The third kappa shape index (κ3) is 7.48. The molecule has 0 aliphatic carbocycles. The lowest BCUT2D eigenvalue weighted by atomic mass is 10.0. The number of anilines is 1. The fourth-order valence-electron chi connectivity index (χ4n) is 9.93. The van der Waals surface area contributed by atoms with Crippen LogP contribution in [-0.4, -0.2) is 79.3 Å². The van der Waals surface area contributed by atoms with Crippen LogP contribution in [0.15, 0.2) is 51.0 Å². The average Bonchev–Trinajstić information content (AvgIpc) is 3.59. The number of carbonyl (C=O) groups excluding carboxylic acids is 1. The summed E-state index contributed by atoms with van der Waals surface area (Å²) in [5.41, 5.74) is -1.27. The van der Waals surface area contributed by atoms with Crippen LogP contribution in [-0.2, 0) is 17.5 Å². The zero-order chi connectivity index (χ0) is 44.0. The molecule has 0 N–H and O–H groups in total. The summed E-state index contributed by atoms with van der Waals surface area (Å²) in [4.78, 5) is 50.2. The molecule has 2 aliphatic heterocycles. The van der Waals surface area contributed by atoms with E-state index in [1.807, 2.05) is 13.8 Å². The number of aromatic nitrogens is 5. The van der Waals surface area contributed by atoms with Crippen LogP contribution in [0.4, 0.5) is 23.8 Å². The van der Waals surface area contributed by atoms with E-state index in [4.69, 9.17) is 16.3 Å². The van der Waals surface area contributed by atoms with Crippen molar-refractivity contribution >= 4 is 75.7 Å². The number of benzene rings is 1. The van der Waals surface area contributed by atoms with Crippen LogP contribution in [0.5, 0.6) is 0 Å². The Labute approximate surface area is 361 Å². The molecule has 324 valence electrons. The van der Waals surface area contributed by atoms with Crippen molar-refractivity contribution < 1.29 is 22.7 Å². The monoisotopic (exact) mass is 903 g/mol. The van der Waals surface area contributed by atoms with Gasteiger partial charge in [0.1, 0.15) is 19.5 Å². The summed E-state index contributed by atoms with van der Waals surface area (Å²) in [7, 11) is -2.43. The van der Waals surface area contributed by atoms with E-state index in [2.05, 4.69) is 51.6 Å². The first-order valence-corrected chi connectivity index (χ1v) is 24.8. The Balaban J connectivity index is 1.49. The molecule has 6 heterocycles. The first-order chi connectivity index (χ1) is 28.0. The molecule has 0 radical (unpaired) electrons. The van der Waals surface area contributed by atoms with Gasteiger partial charge in [-0.05, 0) is 75.5 Å². The van der Waals surface area contributed by atoms with E-state index in [0.29, 0.717) is 21.1 Å². The molecule has 11 nitrogen and oxygen atoms in total. The Morgan fingerprint density at radius 3 is 2.17 bits per heavy atom. The second kappa shape index (κ2) is 15.8. The van der Waals surface area contributed by atoms with E-state index in [9.17, 15) is 14.4 Å². The molecule has 0 unspecified atom stereocenters. The molecule has 7 rings (SSSR count). The van der Waals surface area contributed by atoms with Crippen molar-refractivity contribution in [1.29, 1.82) is 0 Å². The summed E-state index contributed by atoms with van der Waals surface area (Å²) in [5, 5.41) is 5.21. The van der Waals surface area contributed by atoms with Crippen LogP contribution < -0.4 is 20.8 Å². The van der Waals surface area contributed by atoms with Crippen LogP contribution in [0.2, 0.25) is 21.6 Å². The maximum Gasteiger partial charge on any atom is 0.417 e. The molecule has 1 amide bonds. The number of hydrogen-bond donors (Lipinski definition) is 0. The van der Waals surface area contributed by atoms with Gasteiger partial charge in [-0.25, -0.2) is 19.1 Å². The molecular formula is C42H53ClF3N7O4S2Si. The molecule has 2 aliphatic rings. The fourth-order valence-corrected chi connectivity index (χ4v) is 22.2. The molecule has 3 atom stereocenters. The lowest BCUT2D eigenvalue weighted by molar-refractivity contribution is -0.137. The fraction of sp³-hybridized carbons (Fsp3) is 0.548. The second-order valence-corrected chi connectivity index (χ2v) is 26.8. The number of amides is 1. The number of nitrogens with zero attached hydrogens (tertiary/aromatic N) is 7. The maximum absolute atomic E-state index is 15.8. The van der Waals surface area contributed by atoms with Crippen molar-refractivity contribution in [2.45, 2.75) is 134 Å². The van der Waals surface area contributed by atoms with Crippen molar-refractivity contribution in [3.05, 3.63) is 68.1 Å². The molecule has 1 fully saturated rings. The van der Waals surface area contributed by atoms with Gasteiger partial charge in [0.25, 0.3) is 0 Å². The predicted octanol–water partition coefficient (Wildman–Crippen LogP) is 9.67. The third-order valence-electron chi connectivity index (χ3n) is 12.1. The number of halogens is 4. The van der Waals surface area contributed by atoms with E-state index in [1.54, 1.807) is 61.0 Å². The van der Waals surface area contributed by atoms with E-state index in [1.165, 1.54) is 36.7 Å². The Bertz CT molecular complexity index is 2560. The highest BCUT2D eigenvalue weighted by Gasteiger charge is 2.48. The predicted molar refractivity (Wildman–Crippen MR) is 238 cm³/mol. The van der Waals surface area contributed by atoms with Crippen LogP contribution in [0.3, 0.4) is 0 Å². The number of thiophene rings is 1. The van der Waals surface area contributed by atoms with E-state index in [-0.39, 0.29) is 63.7 Å². The van der Waals surface area contributed by atoms with Crippen molar-refractivity contribution in [3.63, 3.8) is 0 Å². The minimum atomic E-state index is -4.82. The number of rotatable bonds is 7. The standard InChI is InChI=1S/C42H53ClF3N7O4S2Si/c1-22(2)60(23(3)4,24(5)6)37-30(43)17-31(59-37)33-29(42(44,45)46)16-28-34-35(33)58-21-27(53-39(55)50-15-13-12-14-32(50)48-53)20-51(34)38(54)47-36(28)49-18-25(7)52(26(8)19-49)40(56)57-41(9,10)11/h12-17,22-27H,18-21H2,1-11H3/t25-,26+,27-/m0/s1. The summed E-state index contributed by atoms with van der Waals surface area (Å²) in [6.45, 7) is 22.5. The number of alkyl halides is 3. The van der Waals surface area contributed by atoms with Gasteiger partial charge < -0.3 is 9.64 Å². The summed E-state index contributed by atoms with van der Waals surface area (Å²) in [5.74, 6) is 0.243. The molecule has 4 aromatic heterocycles. The van der Waals surface area contributed by atoms with Gasteiger partial charge in [0.05, 0.1) is 40.8 Å². The van der Waals surface area contributed by atoms with Gasteiger partial charge in [-0.3, -0.25) is 13.9 Å². The quantitative estimate of drug-likeness (QED) is 0.149. The first kappa shape index (κ1) is 44.3. The molecule has 1 saturated heterocycles. The molecule has 0 saturated carbocycles. The number of thioether (sulfide) groups is 1. The topological polar surface area (TPSA) is 107 Å². The summed E-state index contributed by atoms with van der Waals surface area (Å²) >= 11 is 9.70. The molecule has 0 spiro atoms. The third-order valence-corrected chi connectivity index (χ3v) is 23.1. The van der Waals surface area contributed by atoms with E-state index < -0.39 is 61.0 Å². The largest absolute Gasteiger partial charge is 0.444 e. The summed E-state index contributed by atoms with van der Waals surface area (Å²) in [6, 6.07) is 6.41. The molecule has 18 heteroatoms. The second-order valence-electron chi connectivity index (χ2n) is 18.1. The van der Waals surface area contributed by atoms with Gasteiger partial charge in [0, 0.05) is 50.3 Å². The van der Waals surface area contributed by atoms with E-state index >= 15 is 13.2 Å². The highest BCUT2D eigenvalue weighted by Crippen LogP contribution is 2.52.